The van der Waals surface area contributed by atoms with E-state index in [9.17, 15) is 0 Å². The fourth-order valence-corrected chi connectivity index (χ4v) is 23.9. The molecule has 0 N–H and O–H groups in total. The van der Waals surface area contributed by atoms with Crippen LogP contribution in [0.1, 0.15) is 25.0 Å². The maximum atomic E-state index is 6.46. The Morgan fingerprint density at radius 2 is 0.521 bits per heavy atom. The van der Waals surface area contributed by atoms with Crippen molar-refractivity contribution in [2.24, 2.45) is 0 Å². The summed E-state index contributed by atoms with van der Waals surface area (Å²) in [5, 5.41) is 33.8. The first-order chi connectivity index (χ1) is 72.1. The SMILES string of the molecule is CC1(C)c2ccccc2-c2c1c1ccccc1c1c2ccc2cc(-c3nc(-c4ccccc4)nc(-c4ccc5ccccc5c4)n3)ccc21.c1ccc(-c2nc(-c3ccc4c(ccc5ccc6c(ccc7sc8ccccc8c76)c54)c3)nc(-c3ccc4c(c3)oc3ccccc34)n2)cc1.c1ccc(-c2nc(-c3ccc4ccccc4c3)nc(-c3ccc4c(ccc5c4c4ccccc4c4oc6ccccc6c54)c3)n2)cc1. The number of hydrogen-bond donors (Lipinski definition) is 0. The minimum Gasteiger partial charge on any atom is -0.456 e. The third-order valence-electron chi connectivity index (χ3n) is 29.6. The van der Waals surface area contributed by atoms with E-state index < -0.39 is 0 Å². The molecular formula is C134H81N9O2S. The number of rotatable bonds is 9. The molecule has 0 amide bonds. The highest BCUT2D eigenvalue weighted by molar-refractivity contribution is 7.26. The van der Waals surface area contributed by atoms with E-state index in [4.69, 9.17) is 53.7 Å². The lowest BCUT2D eigenvalue weighted by atomic mass is 9.79. The number of nitrogens with zero attached hydrogens (tertiary/aromatic N) is 9. The molecule has 0 saturated carbocycles. The molecule has 0 unspecified atom stereocenters. The Morgan fingerprint density at radius 3 is 1.08 bits per heavy atom. The molecule has 1 aliphatic rings. The predicted octanol–water partition coefficient (Wildman–Crippen LogP) is 35.8. The Balaban J connectivity index is 0.000000104. The Bertz CT molecular complexity index is 10700. The van der Waals surface area contributed by atoms with Gasteiger partial charge in [-0.15, -0.1) is 11.3 Å². The van der Waals surface area contributed by atoms with Gasteiger partial charge >= 0.3 is 0 Å². The molecule has 146 heavy (non-hydrogen) atoms. The summed E-state index contributed by atoms with van der Waals surface area (Å²) in [5.41, 5.74) is 17.5. The van der Waals surface area contributed by atoms with Gasteiger partial charge in [0.2, 0.25) is 0 Å². The molecule has 680 valence electrons. The summed E-state index contributed by atoms with van der Waals surface area (Å²) in [7, 11) is 0. The van der Waals surface area contributed by atoms with Gasteiger partial charge in [0, 0.05) is 103 Å². The quantitative estimate of drug-likeness (QED) is 0.127. The van der Waals surface area contributed by atoms with Gasteiger partial charge < -0.3 is 8.83 Å². The molecule has 0 fully saturated rings. The smallest absolute Gasteiger partial charge is 0.164 e. The third kappa shape index (κ3) is 13.9. The number of benzene rings is 24. The molecule has 1 aliphatic carbocycles. The summed E-state index contributed by atoms with van der Waals surface area (Å²) in [4.78, 5) is 45.2. The highest BCUT2D eigenvalue weighted by Gasteiger charge is 2.39. The number of fused-ring (bicyclic) bond motifs is 34. The second-order valence-corrected chi connectivity index (χ2v) is 39.5. The van der Waals surface area contributed by atoms with Gasteiger partial charge in [0.1, 0.15) is 22.3 Å². The first-order valence-corrected chi connectivity index (χ1v) is 50.1. The average molecular weight is 1880 g/mol. The van der Waals surface area contributed by atoms with Crippen LogP contribution < -0.4 is 0 Å². The van der Waals surface area contributed by atoms with Gasteiger partial charge in [-0.25, -0.2) is 44.9 Å². The Hall–Kier alpha value is -19.0. The minimum atomic E-state index is -0.0869. The summed E-state index contributed by atoms with van der Waals surface area (Å²) < 4.78 is 15.3. The Kier molecular flexibility index (Phi) is 19.3. The zero-order chi connectivity index (χ0) is 96.3. The molecule has 0 aliphatic heterocycles. The van der Waals surface area contributed by atoms with E-state index in [1.54, 1.807) is 0 Å². The summed E-state index contributed by atoms with van der Waals surface area (Å²) in [6, 6.07) is 160. The molecule has 0 radical (unpaired) electrons. The van der Waals surface area contributed by atoms with Crippen LogP contribution in [0.4, 0.5) is 0 Å². The normalized spacial score (nSPS) is 12.4. The number of furan rings is 2. The van der Waals surface area contributed by atoms with Crippen LogP contribution in [-0.4, -0.2) is 44.9 Å². The van der Waals surface area contributed by atoms with Gasteiger partial charge in [-0.1, -0.05) is 402 Å². The summed E-state index contributed by atoms with van der Waals surface area (Å²) in [6.45, 7) is 4.74. The van der Waals surface area contributed by atoms with E-state index in [-0.39, 0.29) is 5.41 Å². The van der Waals surface area contributed by atoms with Crippen molar-refractivity contribution >= 4 is 194 Å². The highest BCUT2D eigenvalue weighted by Crippen LogP contribution is 2.56. The van der Waals surface area contributed by atoms with Crippen LogP contribution >= 0.6 is 11.3 Å². The average Bonchev–Trinajstić information content (AvgIpc) is 1.52. The van der Waals surface area contributed by atoms with Crippen molar-refractivity contribution in [3.05, 3.63) is 466 Å². The van der Waals surface area contributed by atoms with Crippen LogP contribution in [0.15, 0.2) is 464 Å². The molecule has 12 heteroatoms. The maximum Gasteiger partial charge on any atom is 0.164 e. The fourth-order valence-electron chi connectivity index (χ4n) is 22.7. The van der Waals surface area contributed by atoms with Gasteiger partial charge in [0.05, 0.1) is 0 Å². The van der Waals surface area contributed by atoms with E-state index in [2.05, 4.69) is 354 Å². The zero-order valence-electron chi connectivity index (χ0n) is 79.1. The van der Waals surface area contributed by atoms with Crippen molar-refractivity contribution in [1.29, 1.82) is 0 Å². The topological polar surface area (TPSA) is 142 Å². The van der Waals surface area contributed by atoms with Crippen LogP contribution in [0.3, 0.4) is 0 Å². The molecule has 30 aromatic rings. The number of aromatic nitrogens is 9. The highest BCUT2D eigenvalue weighted by atomic mass is 32.1. The van der Waals surface area contributed by atoms with E-state index in [1.165, 1.54) is 129 Å². The predicted molar refractivity (Wildman–Crippen MR) is 606 cm³/mol. The van der Waals surface area contributed by atoms with Gasteiger partial charge in [-0.05, 0) is 202 Å². The second kappa shape index (κ2) is 33.6. The van der Waals surface area contributed by atoms with E-state index in [0.717, 1.165) is 126 Å². The molecular weight excluding hydrogens is 1800 g/mol. The van der Waals surface area contributed by atoms with Crippen LogP contribution in [-0.2, 0) is 5.41 Å². The summed E-state index contributed by atoms with van der Waals surface area (Å²) >= 11 is 1.86. The first kappa shape index (κ1) is 83.9. The molecule has 0 saturated heterocycles. The van der Waals surface area contributed by atoms with E-state index >= 15 is 0 Å². The van der Waals surface area contributed by atoms with E-state index in [0.29, 0.717) is 52.4 Å². The summed E-state index contributed by atoms with van der Waals surface area (Å²) in [6.07, 6.45) is 0. The monoisotopic (exact) mass is 1880 g/mol. The molecule has 0 bridgehead atoms. The van der Waals surface area contributed by atoms with Crippen LogP contribution in [0.2, 0.25) is 0 Å². The van der Waals surface area contributed by atoms with Crippen LogP contribution in [0.25, 0.3) is 296 Å². The third-order valence-corrected chi connectivity index (χ3v) is 30.7. The molecule has 24 aromatic carbocycles. The fraction of sp³-hybridized carbons (Fsp3) is 0.0224. The maximum absolute atomic E-state index is 6.46. The largest absolute Gasteiger partial charge is 0.456 e. The lowest BCUT2D eigenvalue weighted by Gasteiger charge is -2.24. The standard InChI is InChI=1S/C46H31N3.C45H25N3OS.C43H25N3O/c1-46(2)39-19-11-10-18-37(39)41-38-25-22-31-27-33(23-24-34(31)40(38)35-16-8-9-17-36(35)42(41)46)45-48-43(29-13-4-3-5-14-29)47-44(49-45)32-21-20-28-12-6-7-15-30(28)26-32;1-2-8-27(9-3-1)43-46-44(48-45(47-43)30-18-20-33-32-10-4-6-12-37(32)49-38(33)25-30)29-17-19-31-28(24-29)15-14-26-16-21-35-34(41(26)31)22-23-40-42(35)36-11-5-7-13-39(36)50-40;1-2-11-27(12-3-1)41-44-42(30-19-18-26-10-4-5-13-28(26)24-30)46-43(45-41)31-21-22-32-29(25-31)20-23-36-38(32)33-14-6-7-15-34(33)40-39(36)35-16-8-9-17-37(35)47-40/h3-27H,1-2H3;1-25H;1-25H. The van der Waals surface area contributed by atoms with Crippen molar-refractivity contribution < 1.29 is 8.83 Å². The number of hydrogen-bond acceptors (Lipinski definition) is 12. The second-order valence-electron chi connectivity index (χ2n) is 38.4. The Labute approximate surface area is 840 Å². The van der Waals surface area contributed by atoms with Crippen LogP contribution in [0, 0.1) is 0 Å². The van der Waals surface area contributed by atoms with Crippen molar-refractivity contribution in [3.8, 4) is 114 Å². The Morgan fingerprint density at radius 1 is 0.185 bits per heavy atom. The molecule has 6 heterocycles. The van der Waals surface area contributed by atoms with Gasteiger partial charge in [-0.3, -0.25) is 0 Å². The van der Waals surface area contributed by atoms with Crippen molar-refractivity contribution in [3.63, 3.8) is 0 Å². The summed E-state index contributed by atoms with van der Waals surface area (Å²) in [5.74, 6) is 5.80. The lowest BCUT2D eigenvalue weighted by molar-refractivity contribution is 0.666. The lowest BCUT2D eigenvalue weighted by Crippen LogP contribution is -2.15. The number of thiophene rings is 1. The molecule has 0 atom stereocenters. The van der Waals surface area contributed by atoms with Gasteiger partial charge in [0.15, 0.2) is 52.4 Å². The van der Waals surface area contributed by atoms with Crippen LogP contribution in [0.5, 0.6) is 0 Å². The molecule has 6 aromatic heterocycles. The van der Waals surface area contributed by atoms with Crippen molar-refractivity contribution in [2.45, 2.75) is 19.3 Å². The molecule has 31 rings (SSSR count). The number of para-hydroxylation sites is 2. The van der Waals surface area contributed by atoms with E-state index in [1.807, 2.05) is 127 Å². The molecule has 0 spiro atoms. The van der Waals surface area contributed by atoms with Crippen molar-refractivity contribution in [2.75, 3.05) is 0 Å². The van der Waals surface area contributed by atoms with Crippen molar-refractivity contribution in [1.82, 2.24) is 44.9 Å². The molecule has 11 nitrogen and oxygen atoms in total. The minimum absolute atomic E-state index is 0.0869. The van der Waals surface area contributed by atoms with Gasteiger partial charge in [-0.2, -0.15) is 0 Å². The first-order valence-electron chi connectivity index (χ1n) is 49.3. The zero-order valence-corrected chi connectivity index (χ0v) is 79.9. The van der Waals surface area contributed by atoms with Gasteiger partial charge in [0.25, 0.3) is 0 Å².